The lowest BCUT2D eigenvalue weighted by Crippen LogP contribution is -2.44. The van der Waals surface area contributed by atoms with Gasteiger partial charge in [-0.25, -0.2) is 4.99 Å². The molecule has 0 aliphatic rings. The Morgan fingerprint density at radius 2 is 1.96 bits per heavy atom. The van der Waals surface area contributed by atoms with Gasteiger partial charge in [-0.15, -0.1) is 0 Å². The van der Waals surface area contributed by atoms with Crippen LogP contribution in [0.1, 0.15) is 25.0 Å². The van der Waals surface area contributed by atoms with Gasteiger partial charge < -0.3 is 25.2 Å². The summed E-state index contributed by atoms with van der Waals surface area (Å²) in [6.07, 6.45) is 0. The van der Waals surface area contributed by atoms with Crippen molar-refractivity contribution in [1.29, 1.82) is 0 Å². The fourth-order valence-corrected chi connectivity index (χ4v) is 3.16. The second-order valence-electron chi connectivity index (χ2n) is 6.32. The zero-order valence-electron chi connectivity index (χ0n) is 16.2. The number of ether oxygens (including phenoxy) is 2. The van der Waals surface area contributed by atoms with Gasteiger partial charge in [0.05, 0.1) is 19.7 Å². The Morgan fingerprint density at radius 3 is 2.59 bits per heavy atom. The Kier molecular flexibility index (Phi) is 8.57. The summed E-state index contributed by atoms with van der Waals surface area (Å²) in [6.45, 7) is 6.58. The van der Waals surface area contributed by atoms with E-state index in [0.29, 0.717) is 32.3 Å². The van der Waals surface area contributed by atoms with Gasteiger partial charge in [0.1, 0.15) is 18.0 Å². The van der Waals surface area contributed by atoms with Crippen LogP contribution in [-0.4, -0.2) is 44.5 Å². The molecule has 0 radical (unpaired) electrons. The number of methoxy groups -OCH3 is 1. The van der Waals surface area contributed by atoms with Crippen LogP contribution in [0, 0.1) is 0 Å². The van der Waals surface area contributed by atoms with E-state index in [9.17, 15) is 5.11 Å². The lowest BCUT2D eigenvalue weighted by Gasteiger charge is -2.24. The number of aliphatic hydroxyl groups is 1. The zero-order chi connectivity index (χ0) is 19.5. The number of hydrogen-bond donors (Lipinski definition) is 3. The van der Waals surface area contributed by atoms with Gasteiger partial charge >= 0.3 is 0 Å². The highest BCUT2D eigenvalue weighted by Crippen LogP contribution is 2.22. The molecule has 0 saturated carbocycles. The molecule has 3 N–H and O–H groups in total. The molecule has 2 aromatic rings. The van der Waals surface area contributed by atoms with E-state index in [1.807, 2.05) is 48.0 Å². The molecule has 7 heteroatoms. The molecular formula is C20H29N3O3S. The topological polar surface area (TPSA) is 75.1 Å². The Bertz CT molecular complexity index is 685. The van der Waals surface area contributed by atoms with Crippen LogP contribution in [0.4, 0.5) is 0 Å². The molecular weight excluding hydrogens is 362 g/mol. The van der Waals surface area contributed by atoms with Crippen LogP contribution in [0.5, 0.6) is 5.75 Å². The molecule has 0 bridgehead atoms. The molecule has 0 aliphatic heterocycles. The van der Waals surface area contributed by atoms with Gasteiger partial charge in [0.2, 0.25) is 0 Å². The molecule has 1 heterocycles. The van der Waals surface area contributed by atoms with Crippen LogP contribution in [0.15, 0.2) is 46.1 Å². The lowest BCUT2D eigenvalue weighted by atomic mass is 9.99. The summed E-state index contributed by atoms with van der Waals surface area (Å²) < 4.78 is 10.5. The summed E-state index contributed by atoms with van der Waals surface area (Å²) in [5.74, 6) is 1.49. The standard InChI is InChI=1S/C20H29N3O3S/c1-4-21-19(23-15-20(2,24)17-9-12-27-14-17)22-13-16-5-7-18(8-6-16)26-11-10-25-3/h5-9,12,14,24H,4,10-11,13,15H2,1-3H3,(H2,21,22,23). The maximum atomic E-state index is 10.6. The van der Waals surface area contributed by atoms with E-state index >= 15 is 0 Å². The summed E-state index contributed by atoms with van der Waals surface area (Å²) >= 11 is 1.57. The SMILES string of the molecule is CCNC(=NCc1ccc(OCCOC)cc1)NCC(C)(O)c1ccsc1. The molecule has 0 fully saturated rings. The number of nitrogens with one attached hydrogen (secondary N) is 2. The monoisotopic (exact) mass is 391 g/mol. The summed E-state index contributed by atoms with van der Waals surface area (Å²) in [6, 6.07) is 9.80. The van der Waals surface area contributed by atoms with E-state index in [1.165, 1.54) is 0 Å². The fourth-order valence-electron chi connectivity index (χ4n) is 2.37. The first-order valence-electron chi connectivity index (χ1n) is 9.03. The van der Waals surface area contributed by atoms with Gasteiger partial charge in [0.15, 0.2) is 5.96 Å². The third kappa shape index (κ3) is 7.21. The smallest absolute Gasteiger partial charge is 0.191 e. The van der Waals surface area contributed by atoms with Gasteiger partial charge in [0.25, 0.3) is 0 Å². The predicted octanol–water partition coefficient (Wildman–Crippen LogP) is 2.74. The Hall–Kier alpha value is -2.09. The minimum Gasteiger partial charge on any atom is -0.491 e. The average molecular weight is 392 g/mol. The minimum atomic E-state index is -0.947. The van der Waals surface area contributed by atoms with E-state index in [2.05, 4.69) is 15.6 Å². The Morgan fingerprint density at radius 1 is 1.19 bits per heavy atom. The summed E-state index contributed by atoms with van der Waals surface area (Å²) in [5, 5.41) is 21.0. The van der Waals surface area contributed by atoms with Crippen molar-refractivity contribution in [1.82, 2.24) is 10.6 Å². The maximum absolute atomic E-state index is 10.6. The average Bonchev–Trinajstić information content (AvgIpc) is 3.21. The molecule has 1 aromatic carbocycles. The summed E-state index contributed by atoms with van der Waals surface area (Å²) in [4.78, 5) is 4.60. The lowest BCUT2D eigenvalue weighted by molar-refractivity contribution is 0.0621. The van der Waals surface area contributed by atoms with Crippen molar-refractivity contribution in [3.05, 3.63) is 52.2 Å². The second kappa shape index (κ2) is 10.9. The first-order chi connectivity index (χ1) is 13.0. The zero-order valence-corrected chi connectivity index (χ0v) is 17.0. The number of thiophene rings is 1. The number of rotatable bonds is 10. The van der Waals surface area contributed by atoms with Gasteiger partial charge in [-0.1, -0.05) is 12.1 Å². The fraction of sp³-hybridized carbons (Fsp3) is 0.450. The molecule has 0 amide bonds. The van der Waals surface area contributed by atoms with Crippen LogP contribution in [0.25, 0.3) is 0 Å². The number of nitrogens with zero attached hydrogens (tertiary/aromatic N) is 1. The molecule has 0 saturated heterocycles. The third-order valence-electron chi connectivity index (χ3n) is 3.99. The van der Waals surface area contributed by atoms with E-state index in [4.69, 9.17) is 9.47 Å². The number of benzene rings is 1. The van der Waals surface area contributed by atoms with Crippen molar-refractivity contribution in [3.8, 4) is 5.75 Å². The number of aliphatic imine (C=N–C) groups is 1. The van der Waals surface area contributed by atoms with Gasteiger partial charge in [0, 0.05) is 13.7 Å². The van der Waals surface area contributed by atoms with Crippen molar-refractivity contribution in [2.75, 3.05) is 33.4 Å². The largest absolute Gasteiger partial charge is 0.491 e. The second-order valence-corrected chi connectivity index (χ2v) is 7.10. The molecule has 148 valence electrons. The van der Waals surface area contributed by atoms with Crippen molar-refractivity contribution in [3.63, 3.8) is 0 Å². The quantitative estimate of drug-likeness (QED) is 0.330. The highest BCUT2D eigenvalue weighted by Gasteiger charge is 2.23. The van der Waals surface area contributed by atoms with Gasteiger partial charge in [-0.05, 0) is 53.9 Å². The molecule has 6 nitrogen and oxygen atoms in total. The van der Waals surface area contributed by atoms with Crippen LogP contribution < -0.4 is 15.4 Å². The Labute approximate surface area is 165 Å². The summed E-state index contributed by atoms with van der Waals surface area (Å²) in [5.41, 5.74) is 1.04. The molecule has 1 atom stereocenters. The number of hydrogen-bond acceptors (Lipinski definition) is 5. The van der Waals surface area contributed by atoms with Crippen molar-refractivity contribution in [2.24, 2.45) is 4.99 Å². The van der Waals surface area contributed by atoms with Gasteiger partial charge in [-0.3, -0.25) is 0 Å². The highest BCUT2D eigenvalue weighted by molar-refractivity contribution is 7.08. The van der Waals surface area contributed by atoms with Crippen molar-refractivity contribution < 1.29 is 14.6 Å². The van der Waals surface area contributed by atoms with E-state index in [1.54, 1.807) is 25.4 Å². The van der Waals surface area contributed by atoms with Crippen molar-refractivity contribution in [2.45, 2.75) is 26.0 Å². The highest BCUT2D eigenvalue weighted by atomic mass is 32.1. The van der Waals surface area contributed by atoms with Gasteiger partial charge in [-0.2, -0.15) is 11.3 Å². The molecule has 0 spiro atoms. The maximum Gasteiger partial charge on any atom is 0.191 e. The van der Waals surface area contributed by atoms with Crippen LogP contribution in [0.2, 0.25) is 0 Å². The van der Waals surface area contributed by atoms with Crippen molar-refractivity contribution >= 4 is 17.3 Å². The van der Waals surface area contributed by atoms with Crippen LogP contribution in [0.3, 0.4) is 0 Å². The minimum absolute atomic E-state index is 0.377. The molecule has 0 aliphatic carbocycles. The predicted molar refractivity (Wildman–Crippen MR) is 111 cm³/mol. The Balaban J connectivity index is 1.90. The van der Waals surface area contributed by atoms with Crippen LogP contribution >= 0.6 is 11.3 Å². The number of guanidine groups is 1. The molecule has 2 rings (SSSR count). The van der Waals surface area contributed by atoms with E-state index < -0.39 is 5.60 Å². The normalized spacial score (nSPS) is 13.9. The summed E-state index contributed by atoms with van der Waals surface area (Å²) in [7, 11) is 1.65. The first-order valence-corrected chi connectivity index (χ1v) is 9.97. The van der Waals surface area contributed by atoms with Crippen LogP contribution in [-0.2, 0) is 16.9 Å². The third-order valence-corrected chi connectivity index (χ3v) is 4.67. The molecule has 27 heavy (non-hydrogen) atoms. The van der Waals surface area contributed by atoms with E-state index in [-0.39, 0.29) is 0 Å². The molecule has 1 aromatic heterocycles. The first kappa shape index (κ1) is 21.2. The molecule has 1 unspecified atom stereocenters. The van der Waals surface area contributed by atoms with E-state index in [0.717, 1.165) is 23.4 Å².